The van der Waals surface area contributed by atoms with Crippen molar-refractivity contribution in [3.05, 3.63) is 46.5 Å². The van der Waals surface area contributed by atoms with Gasteiger partial charge in [-0.2, -0.15) is 26.3 Å². The SMILES string of the molecule is O=Cc1ccc2c(C(F)(F)F)c(C=O)ccc2c1C(F)(F)F. The summed E-state index contributed by atoms with van der Waals surface area (Å²) in [6, 6.07) is 2.82. The van der Waals surface area contributed by atoms with Crippen LogP contribution in [0.25, 0.3) is 10.8 Å². The van der Waals surface area contributed by atoms with Gasteiger partial charge < -0.3 is 0 Å². The van der Waals surface area contributed by atoms with Crippen molar-refractivity contribution in [1.82, 2.24) is 0 Å². The fourth-order valence-electron chi connectivity index (χ4n) is 2.27. The lowest BCUT2D eigenvalue weighted by Crippen LogP contribution is -2.14. The maximum atomic E-state index is 13.1. The zero-order valence-corrected chi connectivity index (χ0v) is 10.5. The molecule has 2 nitrogen and oxygen atoms in total. The highest BCUT2D eigenvalue weighted by atomic mass is 19.4. The van der Waals surface area contributed by atoms with E-state index >= 15 is 0 Å². The summed E-state index contributed by atoms with van der Waals surface area (Å²) in [7, 11) is 0. The van der Waals surface area contributed by atoms with E-state index in [1.165, 1.54) is 0 Å². The average molecular weight is 320 g/mol. The third-order valence-corrected chi connectivity index (χ3v) is 3.09. The first-order chi connectivity index (χ1) is 10.1. The van der Waals surface area contributed by atoms with Gasteiger partial charge in [-0.15, -0.1) is 0 Å². The molecule has 0 atom stereocenters. The lowest BCUT2D eigenvalue weighted by atomic mass is 9.93. The number of carbonyl (C=O) groups is 2. The Bertz CT molecular complexity index is 693. The molecule has 2 rings (SSSR count). The fraction of sp³-hybridized carbons (Fsp3) is 0.143. The molecule has 0 N–H and O–H groups in total. The van der Waals surface area contributed by atoms with Gasteiger partial charge in [0.15, 0.2) is 12.6 Å². The lowest BCUT2D eigenvalue weighted by Gasteiger charge is -2.17. The van der Waals surface area contributed by atoms with Crippen molar-refractivity contribution in [2.75, 3.05) is 0 Å². The second-order valence-corrected chi connectivity index (χ2v) is 4.39. The van der Waals surface area contributed by atoms with Gasteiger partial charge in [0, 0.05) is 11.1 Å². The highest BCUT2D eigenvalue weighted by Gasteiger charge is 2.39. The van der Waals surface area contributed by atoms with Crippen molar-refractivity contribution in [3.8, 4) is 0 Å². The Hall–Kier alpha value is -2.38. The van der Waals surface area contributed by atoms with E-state index in [9.17, 15) is 35.9 Å². The van der Waals surface area contributed by atoms with E-state index in [2.05, 4.69) is 0 Å². The largest absolute Gasteiger partial charge is 0.417 e. The first-order valence-corrected chi connectivity index (χ1v) is 5.75. The molecule has 0 spiro atoms. The minimum Gasteiger partial charge on any atom is -0.298 e. The Morgan fingerprint density at radius 1 is 0.636 bits per heavy atom. The zero-order valence-electron chi connectivity index (χ0n) is 10.5. The van der Waals surface area contributed by atoms with Gasteiger partial charge in [0.25, 0.3) is 0 Å². The van der Waals surface area contributed by atoms with Crippen molar-refractivity contribution in [2.45, 2.75) is 12.4 Å². The van der Waals surface area contributed by atoms with Gasteiger partial charge in [-0.3, -0.25) is 9.59 Å². The third kappa shape index (κ3) is 2.56. The predicted molar refractivity (Wildman–Crippen MR) is 64.7 cm³/mol. The summed E-state index contributed by atoms with van der Waals surface area (Å²) in [6.07, 6.45) is -10.2. The molecule has 22 heavy (non-hydrogen) atoms. The van der Waals surface area contributed by atoms with E-state index in [0.717, 1.165) is 12.1 Å². The Balaban J connectivity index is 3.04. The number of benzene rings is 2. The number of rotatable bonds is 2. The van der Waals surface area contributed by atoms with Gasteiger partial charge in [0.1, 0.15) is 0 Å². The molecule has 2 aromatic carbocycles. The number of hydrogen-bond donors (Lipinski definition) is 0. The van der Waals surface area contributed by atoms with Crippen LogP contribution in [-0.4, -0.2) is 12.6 Å². The molecule has 0 aliphatic rings. The van der Waals surface area contributed by atoms with Crippen molar-refractivity contribution in [3.63, 3.8) is 0 Å². The van der Waals surface area contributed by atoms with E-state index in [4.69, 9.17) is 0 Å². The average Bonchev–Trinajstić information content (AvgIpc) is 2.42. The maximum Gasteiger partial charge on any atom is 0.417 e. The normalized spacial score (nSPS) is 12.5. The minimum atomic E-state index is -5.01. The standard InChI is InChI=1S/C14H6F6O2/c15-13(16,17)11-7(5-21)1-3-9-10(11)4-2-8(6-22)12(9)14(18,19)20/h1-6H. The predicted octanol–water partition coefficient (Wildman–Crippen LogP) is 4.50. The molecule has 0 amide bonds. The molecule has 0 fully saturated rings. The smallest absolute Gasteiger partial charge is 0.298 e. The fourth-order valence-corrected chi connectivity index (χ4v) is 2.27. The first kappa shape index (κ1) is 16.0. The van der Waals surface area contributed by atoms with Crippen molar-refractivity contribution >= 4 is 23.3 Å². The number of aldehydes is 2. The molecule has 2 aromatic rings. The van der Waals surface area contributed by atoms with E-state index < -0.39 is 45.4 Å². The van der Waals surface area contributed by atoms with E-state index in [0.29, 0.717) is 12.1 Å². The topological polar surface area (TPSA) is 34.1 Å². The Kier molecular flexibility index (Phi) is 3.72. The molecule has 0 saturated carbocycles. The van der Waals surface area contributed by atoms with Crippen LogP contribution in [0.5, 0.6) is 0 Å². The van der Waals surface area contributed by atoms with Crippen LogP contribution in [0.4, 0.5) is 26.3 Å². The first-order valence-electron chi connectivity index (χ1n) is 5.75. The van der Waals surface area contributed by atoms with E-state index in [1.807, 2.05) is 0 Å². The summed E-state index contributed by atoms with van der Waals surface area (Å²) in [6.45, 7) is 0. The van der Waals surface area contributed by atoms with Gasteiger partial charge in [-0.25, -0.2) is 0 Å². The molecule has 116 valence electrons. The summed E-state index contributed by atoms with van der Waals surface area (Å²) in [5.41, 5.74) is -4.45. The van der Waals surface area contributed by atoms with Gasteiger partial charge in [-0.1, -0.05) is 24.3 Å². The molecule has 0 aliphatic carbocycles. The molecule has 0 unspecified atom stereocenters. The zero-order chi connectivity index (χ0) is 16.7. The molecule has 0 radical (unpaired) electrons. The molecule has 0 bridgehead atoms. The Labute approximate surface area is 119 Å². The molecule has 0 saturated heterocycles. The van der Waals surface area contributed by atoms with E-state index in [1.54, 1.807) is 0 Å². The van der Waals surface area contributed by atoms with Crippen molar-refractivity contribution < 1.29 is 35.9 Å². The van der Waals surface area contributed by atoms with Gasteiger partial charge in [-0.05, 0) is 10.8 Å². The summed E-state index contributed by atoms with van der Waals surface area (Å²) in [5, 5.41) is -1.56. The molecule has 0 aliphatic heterocycles. The van der Waals surface area contributed by atoms with Gasteiger partial charge in [0.05, 0.1) is 11.1 Å². The number of hydrogen-bond acceptors (Lipinski definition) is 2. The number of carbonyl (C=O) groups excluding carboxylic acids is 2. The maximum absolute atomic E-state index is 13.1. The molecular formula is C14H6F6O2. The third-order valence-electron chi connectivity index (χ3n) is 3.09. The van der Waals surface area contributed by atoms with Crippen LogP contribution in [0.15, 0.2) is 24.3 Å². The quantitative estimate of drug-likeness (QED) is 0.603. The second-order valence-electron chi connectivity index (χ2n) is 4.39. The second kappa shape index (κ2) is 5.11. The number of alkyl halides is 6. The molecule has 8 heteroatoms. The minimum absolute atomic E-state index is 0.0802. The highest BCUT2D eigenvalue weighted by Crippen LogP contribution is 2.42. The van der Waals surface area contributed by atoms with Crippen LogP contribution in [0.2, 0.25) is 0 Å². The highest BCUT2D eigenvalue weighted by molar-refractivity contribution is 5.99. The number of fused-ring (bicyclic) bond motifs is 1. The molecule has 0 aromatic heterocycles. The van der Waals surface area contributed by atoms with Crippen LogP contribution in [0, 0.1) is 0 Å². The van der Waals surface area contributed by atoms with Crippen molar-refractivity contribution in [2.24, 2.45) is 0 Å². The van der Waals surface area contributed by atoms with Crippen LogP contribution in [0.3, 0.4) is 0 Å². The van der Waals surface area contributed by atoms with Crippen molar-refractivity contribution in [1.29, 1.82) is 0 Å². The van der Waals surface area contributed by atoms with Crippen LogP contribution in [0.1, 0.15) is 31.8 Å². The monoisotopic (exact) mass is 320 g/mol. The van der Waals surface area contributed by atoms with Gasteiger partial charge >= 0.3 is 12.4 Å². The summed E-state index contributed by atoms with van der Waals surface area (Å²) >= 11 is 0. The Morgan fingerprint density at radius 3 is 1.18 bits per heavy atom. The van der Waals surface area contributed by atoms with Crippen LogP contribution >= 0.6 is 0 Å². The Morgan fingerprint density at radius 2 is 0.955 bits per heavy atom. The van der Waals surface area contributed by atoms with E-state index in [-0.39, 0.29) is 12.6 Å². The lowest BCUT2D eigenvalue weighted by molar-refractivity contribution is -0.138. The summed E-state index contributed by atoms with van der Waals surface area (Å²) in [5.74, 6) is 0. The van der Waals surface area contributed by atoms with Crippen LogP contribution < -0.4 is 0 Å². The summed E-state index contributed by atoms with van der Waals surface area (Å²) in [4.78, 5) is 21.5. The number of halogens is 6. The van der Waals surface area contributed by atoms with Gasteiger partial charge in [0.2, 0.25) is 0 Å². The molecular weight excluding hydrogens is 314 g/mol. The van der Waals surface area contributed by atoms with Crippen LogP contribution in [-0.2, 0) is 12.4 Å². The molecule has 0 heterocycles. The summed E-state index contributed by atoms with van der Waals surface area (Å²) < 4.78 is 78.4.